The SMILES string of the molecule is O=C(NCCc1csc(-c2ccccc2)n1)NC(C(=O)[O-])C1CCc2ccccc21.[K+]. The number of aliphatic carboxylic acids is 1. The van der Waals surface area contributed by atoms with Crippen molar-refractivity contribution in [1.29, 1.82) is 0 Å². The molecule has 2 aromatic carbocycles. The zero-order valence-corrected chi connectivity index (χ0v) is 21.3. The molecule has 0 bridgehead atoms. The van der Waals surface area contributed by atoms with Gasteiger partial charge in [-0.2, -0.15) is 0 Å². The van der Waals surface area contributed by atoms with Crippen molar-refractivity contribution in [2.75, 3.05) is 6.54 Å². The van der Waals surface area contributed by atoms with Crippen molar-refractivity contribution >= 4 is 23.3 Å². The smallest absolute Gasteiger partial charge is 0.548 e. The minimum absolute atomic E-state index is 0. The van der Waals surface area contributed by atoms with Gasteiger partial charge in [0.1, 0.15) is 5.01 Å². The average molecular weight is 460 g/mol. The van der Waals surface area contributed by atoms with Gasteiger partial charge < -0.3 is 20.5 Å². The molecule has 2 atom stereocenters. The topological polar surface area (TPSA) is 94.2 Å². The maximum Gasteiger partial charge on any atom is 1.00 e. The molecule has 2 amide bonds. The van der Waals surface area contributed by atoms with Crippen molar-refractivity contribution in [2.24, 2.45) is 0 Å². The van der Waals surface area contributed by atoms with Crippen molar-refractivity contribution in [1.82, 2.24) is 15.6 Å². The van der Waals surface area contributed by atoms with Gasteiger partial charge >= 0.3 is 57.4 Å². The third kappa shape index (κ3) is 6.03. The number of carboxylic acids is 1. The molecule has 2 unspecified atom stereocenters. The van der Waals surface area contributed by atoms with Crippen LogP contribution in [-0.4, -0.2) is 29.6 Å². The van der Waals surface area contributed by atoms with Gasteiger partial charge in [-0.05, 0) is 24.0 Å². The minimum Gasteiger partial charge on any atom is -0.548 e. The van der Waals surface area contributed by atoms with Gasteiger partial charge in [0.05, 0.1) is 17.7 Å². The Morgan fingerprint density at radius 2 is 1.87 bits per heavy atom. The molecule has 1 heterocycles. The number of hydrogen-bond acceptors (Lipinski definition) is 5. The molecule has 31 heavy (non-hydrogen) atoms. The van der Waals surface area contributed by atoms with Gasteiger partial charge in [-0.1, -0.05) is 54.6 Å². The van der Waals surface area contributed by atoms with Gasteiger partial charge in [-0.25, -0.2) is 9.78 Å². The van der Waals surface area contributed by atoms with Crippen molar-refractivity contribution < 1.29 is 66.1 Å². The molecule has 1 aliphatic rings. The van der Waals surface area contributed by atoms with Crippen molar-refractivity contribution in [2.45, 2.75) is 31.2 Å². The van der Waals surface area contributed by atoms with Crippen LogP contribution in [0.2, 0.25) is 0 Å². The number of nitrogens with one attached hydrogen (secondary N) is 2. The first kappa shape index (κ1) is 24.1. The van der Waals surface area contributed by atoms with Crippen molar-refractivity contribution in [3.05, 3.63) is 76.8 Å². The summed E-state index contributed by atoms with van der Waals surface area (Å²) in [5.74, 6) is -1.54. The minimum atomic E-state index is -1.26. The van der Waals surface area contributed by atoms with E-state index in [9.17, 15) is 14.7 Å². The van der Waals surface area contributed by atoms with Gasteiger partial charge in [-0.3, -0.25) is 0 Å². The molecule has 0 fully saturated rings. The van der Waals surface area contributed by atoms with Crippen LogP contribution in [-0.2, 0) is 17.6 Å². The van der Waals surface area contributed by atoms with E-state index in [1.807, 2.05) is 60.0 Å². The Balaban J connectivity index is 0.00000272. The fraction of sp³-hybridized carbons (Fsp3) is 0.261. The number of fused-ring (bicyclic) bond motifs is 1. The van der Waals surface area contributed by atoms with Gasteiger partial charge in [0.25, 0.3) is 0 Å². The second-order valence-electron chi connectivity index (χ2n) is 7.30. The molecule has 6 nitrogen and oxygen atoms in total. The van der Waals surface area contributed by atoms with E-state index in [0.717, 1.165) is 33.8 Å². The van der Waals surface area contributed by atoms with E-state index < -0.39 is 18.0 Å². The Labute approximate surface area is 227 Å². The molecule has 154 valence electrons. The number of rotatable bonds is 7. The molecular formula is C23H22KN3O3S. The number of aromatic nitrogens is 1. The first-order valence-corrected chi connectivity index (χ1v) is 10.8. The predicted molar refractivity (Wildman–Crippen MR) is 114 cm³/mol. The number of nitrogens with zero attached hydrogens (tertiary/aromatic N) is 1. The average Bonchev–Trinajstić information content (AvgIpc) is 3.40. The zero-order valence-electron chi connectivity index (χ0n) is 17.3. The summed E-state index contributed by atoms with van der Waals surface area (Å²) in [5.41, 5.74) is 4.06. The van der Waals surface area contributed by atoms with Crippen LogP contribution in [0.1, 0.15) is 29.2 Å². The largest absolute Gasteiger partial charge is 1.00 e. The Morgan fingerprint density at radius 1 is 1.13 bits per heavy atom. The second kappa shape index (κ2) is 11.4. The number of benzene rings is 2. The van der Waals surface area contributed by atoms with Crippen LogP contribution in [0.25, 0.3) is 10.6 Å². The molecule has 0 aliphatic heterocycles. The van der Waals surface area contributed by atoms with Gasteiger partial charge in [0.2, 0.25) is 0 Å². The van der Waals surface area contributed by atoms with E-state index in [1.165, 1.54) is 0 Å². The van der Waals surface area contributed by atoms with E-state index in [4.69, 9.17) is 0 Å². The van der Waals surface area contributed by atoms with Gasteiger partial charge in [0, 0.05) is 29.8 Å². The number of aryl methyl sites for hydroxylation is 1. The number of carbonyl (C=O) groups is 2. The molecule has 0 saturated carbocycles. The number of carbonyl (C=O) groups excluding carboxylic acids is 2. The first-order valence-electron chi connectivity index (χ1n) is 9.94. The van der Waals surface area contributed by atoms with E-state index in [2.05, 4.69) is 15.6 Å². The fourth-order valence-electron chi connectivity index (χ4n) is 3.89. The molecule has 2 N–H and O–H groups in total. The summed E-state index contributed by atoms with van der Waals surface area (Å²) in [7, 11) is 0. The normalized spacial score (nSPS) is 15.4. The quantitative estimate of drug-likeness (QED) is 0.466. The Hall–Kier alpha value is -1.55. The maximum absolute atomic E-state index is 12.3. The molecule has 3 aromatic rings. The summed E-state index contributed by atoms with van der Waals surface area (Å²) in [6.45, 7) is 0.366. The Morgan fingerprint density at radius 3 is 2.65 bits per heavy atom. The summed E-state index contributed by atoms with van der Waals surface area (Å²) >= 11 is 1.56. The van der Waals surface area contributed by atoms with Gasteiger partial charge in [0.15, 0.2) is 0 Å². The third-order valence-electron chi connectivity index (χ3n) is 5.36. The predicted octanol–water partition coefficient (Wildman–Crippen LogP) is -0.496. The Kier molecular flexibility index (Phi) is 8.82. The standard InChI is InChI=1S/C23H23N3O3S.K/c27-22(28)20(19-11-10-15-6-4-5-9-18(15)19)26-23(29)24-13-12-17-14-30-21(25-17)16-7-2-1-3-8-16;/h1-9,14,19-20H,10-13H2,(H,27,28)(H2,24,26,29);/q;+1/p-1. The Bertz CT molecular complexity index is 1040. The molecule has 8 heteroatoms. The number of hydrogen-bond donors (Lipinski definition) is 2. The summed E-state index contributed by atoms with van der Waals surface area (Å²) in [4.78, 5) is 28.6. The maximum atomic E-state index is 12.3. The summed E-state index contributed by atoms with van der Waals surface area (Å²) < 4.78 is 0. The van der Waals surface area contributed by atoms with E-state index in [1.54, 1.807) is 11.3 Å². The summed E-state index contributed by atoms with van der Waals surface area (Å²) in [6, 6.07) is 16.1. The summed E-state index contributed by atoms with van der Waals surface area (Å²) in [5, 5.41) is 19.9. The van der Waals surface area contributed by atoms with Crippen molar-refractivity contribution in [3.8, 4) is 10.6 Å². The number of urea groups is 1. The van der Waals surface area contributed by atoms with Gasteiger partial charge in [-0.15, -0.1) is 11.3 Å². The first-order chi connectivity index (χ1) is 14.6. The summed E-state index contributed by atoms with van der Waals surface area (Å²) in [6.07, 6.45) is 2.06. The van der Waals surface area contributed by atoms with Crippen molar-refractivity contribution in [3.63, 3.8) is 0 Å². The van der Waals surface area contributed by atoms with Crippen LogP contribution < -0.4 is 67.1 Å². The number of carboxylic acid groups (broad SMARTS) is 1. The molecule has 0 spiro atoms. The number of thiazole rings is 1. The van der Waals surface area contributed by atoms with E-state index >= 15 is 0 Å². The number of amides is 2. The molecule has 1 aromatic heterocycles. The van der Waals surface area contributed by atoms with Crippen LogP contribution in [0, 0.1) is 0 Å². The van der Waals surface area contributed by atoms with E-state index in [-0.39, 0.29) is 57.3 Å². The molecule has 1 aliphatic carbocycles. The zero-order chi connectivity index (χ0) is 20.9. The van der Waals surface area contributed by atoms with Crippen LogP contribution in [0.3, 0.4) is 0 Å². The third-order valence-corrected chi connectivity index (χ3v) is 6.30. The molecule has 0 radical (unpaired) electrons. The second-order valence-corrected chi connectivity index (χ2v) is 8.16. The molecule has 0 saturated heterocycles. The van der Waals surface area contributed by atoms with Crippen LogP contribution in [0.5, 0.6) is 0 Å². The van der Waals surface area contributed by atoms with Crippen LogP contribution >= 0.6 is 11.3 Å². The van der Waals surface area contributed by atoms with Crippen LogP contribution in [0.15, 0.2) is 60.0 Å². The monoisotopic (exact) mass is 459 g/mol. The fourth-order valence-corrected chi connectivity index (χ4v) is 4.75. The van der Waals surface area contributed by atoms with Crippen LogP contribution in [0.4, 0.5) is 4.79 Å². The molecule has 4 rings (SSSR count). The van der Waals surface area contributed by atoms with E-state index in [0.29, 0.717) is 19.4 Å². The molecular weight excluding hydrogens is 437 g/mol.